The normalized spacial score (nSPS) is 23.0. The molecular weight excluding hydrogens is 504 g/mol. The average Bonchev–Trinajstić information content (AvgIpc) is 3.59. The molecule has 0 radical (unpaired) electrons. The van der Waals surface area contributed by atoms with Crippen molar-refractivity contribution in [2.75, 3.05) is 26.7 Å². The number of nitrogens with zero attached hydrogens (tertiary/aromatic N) is 3. The molecule has 0 bridgehead atoms. The van der Waals surface area contributed by atoms with Gasteiger partial charge in [-0.2, -0.15) is 0 Å². The predicted molar refractivity (Wildman–Crippen MR) is 151 cm³/mol. The summed E-state index contributed by atoms with van der Waals surface area (Å²) in [6.07, 6.45) is 1.32. The van der Waals surface area contributed by atoms with Gasteiger partial charge in [-0.1, -0.05) is 54.6 Å². The Morgan fingerprint density at radius 3 is 2.65 bits per heavy atom. The number of phenols is 1. The van der Waals surface area contributed by atoms with E-state index in [1.54, 1.807) is 17.0 Å². The molecule has 3 aliphatic heterocycles. The Morgan fingerprint density at radius 2 is 1.82 bits per heavy atom. The molecule has 8 nitrogen and oxygen atoms in total. The van der Waals surface area contributed by atoms with Gasteiger partial charge in [-0.3, -0.25) is 14.5 Å². The van der Waals surface area contributed by atoms with Crippen LogP contribution < -0.4 is 4.74 Å². The van der Waals surface area contributed by atoms with Crippen molar-refractivity contribution in [2.45, 2.75) is 37.5 Å². The highest BCUT2D eigenvalue weighted by Gasteiger charge is 2.50. The van der Waals surface area contributed by atoms with Gasteiger partial charge < -0.3 is 24.6 Å². The van der Waals surface area contributed by atoms with E-state index in [4.69, 9.17) is 4.74 Å². The Morgan fingerprint density at radius 1 is 1.02 bits per heavy atom. The van der Waals surface area contributed by atoms with Crippen LogP contribution in [0.5, 0.6) is 11.5 Å². The van der Waals surface area contributed by atoms with Gasteiger partial charge in [-0.05, 0) is 41.3 Å². The Bertz CT molecular complexity index is 1600. The Hall–Kier alpha value is -4.30. The van der Waals surface area contributed by atoms with Crippen molar-refractivity contribution in [1.82, 2.24) is 19.7 Å². The van der Waals surface area contributed by atoms with Crippen molar-refractivity contribution >= 4 is 22.7 Å². The Balaban J connectivity index is 1.24. The van der Waals surface area contributed by atoms with Gasteiger partial charge in [0.05, 0.1) is 13.2 Å². The summed E-state index contributed by atoms with van der Waals surface area (Å²) in [5.74, 6) is 0.313. The number of amides is 2. The molecule has 2 saturated heterocycles. The van der Waals surface area contributed by atoms with Crippen LogP contribution in [0.25, 0.3) is 10.9 Å². The maximum Gasteiger partial charge on any atom is 0.246 e. The second-order valence-corrected chi connectivity index (χ2v) is 11.0. The van der Waals surface area contributed by atoms with Crippen molar-refractivity contribution in [1.29, 1.82) is 0 Å². The second kappa shape index (κ2) is 9.71. The summed E-state index contributed by atoms with van der Waals surface area (Å²) < 4.78 is 5.40. The number of benzene rings is 3. The lowest BCUT2D eigenvalue weighted by Crippen LogP contribution is -2.65. The minimum Gasteiger partial charge on any atom is -0.504 e. The first-order chi connectivity index (χ1) is 19.5. The highest BCUT2D eigenvalue weighted by molar-refractivity contribution is 5.98. The summed E-state index contributed by atoms with van der Waals surface area (Å²) in [5, 5.41) is 11.3. The van der Waals surface area contributed by atoms with Crippen LogP contribution in [0.15, 0.2) is 72.8 Å². The zero-order valence-corrected chi connectivity index (χ0v) is 22.4. The molecular formula is C32H32N4O4. The van der Waals surface area contributed by atoms with Crippen molar-refractivity contribution in [3.63, 3.8) is 0 Å². The molecule has 2 N–H and O–H groups in total. The molecule has 204 valence electrons. The maximum absolute atomic E-state index is 14.2. The lowest BCUT2D eigenvalue weighted by Gasteiger charge is -2.48. The minimum absolute atomic E-state index is 0.0119. The zero-order chi connectivity index (χ0) is 27.4. The van der Waals surface area contributed by atoms with E-state index in [2.05, 4.69) is 28.1 Å². The van der Waals surface area contributed by atoms with Crippen LogP contribution in [-0.4, -0.2) is 75.4 Å². The summed E-state index contributed by atoms with van der Waals surface area (Å²) >= 11 is 0. The standard InChI is InChI=1S/C32H32N4O4/c1-40-28-15-21(11-12-27(28)37)31-30-24(23-9-5-6-10-25(23)33-30)16-26-32(39)35(19-29(38)36(26)31)22-13-14-34(18-22)17-20-7-3-2-4-8-20/h2-12,15,22,26,31,33,37H,13-14,16-19H2,1H3/t22-,26-,31-/m1/s1. The van der Waals surface area contributed by atoms with Crippen LogP contribution >= 0.6 is 0 Å². The maximum atomic E-state index is 14.2. The number of carbonyl (C=O) groups is 2. The molecule has 4 aromatic rings. The van der Waals surface area contributed by atoms with Crippen molar-refractivity contribution in [3.05, 3.63) is 95.2 Å². The Labute approximate surface area is 232 Å². The fourth-order valence-electron chi connectivity index (χ4n) is 6.86. The zero-order valence-electron chi connectivity index (χ0n) is 22.4. The number of hydrogen-bond donors (Lipinski definition) is 2. The number of hydrogen-bond acceptors (Lipinski definition) is 5. The van der Waals surface area contributed by atoms with Gasteiger partial charge in [-0.25, -0.2) is 0 Å². The van der Waals surface area contributed by atoms with Gasteiger partial charge in [0.2, 0.25) is 11.8 Å². The number of carbonyl (C=O) groups excluding carboxylic acids is 2. The number of aromatic amines is 1. The lowest BCUT2D eigenvalue weighted by atomic mass is 9.85. The molecule has 1 aromatic heterocycles. The SMILES string of the molecule is COc1cc([C@@H]2c3[nH]c4ccccc4c3C[C@@H]3C(=O)N([C@@H]4CCN(Cc5ccccc5)C4)CC(=O)N23)ccc1O. The summed E-state index contributed by atoms with van der Waals surface area (Å²) in [6.45, 7) is 2.57. The number of methoxy groups -OCH3 is 1. The van der Waals surface area contributed by atoms with Crippen LogP contribution in [0, 0.1) is 0 Å². The number of piperazine rings is 1. The summed E-state index contributed by atoms with van der Waals surface area (Å²) in [7, 11) is 1.51. The third-order valence-corrected chi connectivity index (χ3v) is 8.75. The van der Waals surface area contributed by atoms with E-state index in [1.165, 1.54) is 12.7 Å². The van der Waals surface area contributed by atoms with Gasteiger partial charge >= 0.3 is 0 Å². The molecule has 3 atom stereocenters. The predicted octanol–water partition coefficient (Wildman–Crippen LogP) is 3.84. The topological polar surface area (TPSA) is 89.1 Å². The number of rotatable bonds is 5. The molecule has 40 heavy (non-hydrogen) atoms. The quantitative estimate of drug-likeness (QED) is 0.405. The van der Waals surface area contributed by atoms with Gasteiger partial charge in [-0.15, -0.1) is 0 Å². The number of ether oxygens (including phenoxy) is 1. The van der Waals surface area contributed by atoms with Crippen molar-refractivity contribution in [3.8, 4) is 11.5 Å². The molecule has 0 spiro atoms. The third kappa shape index (κ3) is 4.02. The molecule has 3 aromatic carbocycles. The number of likely N-dealkylation sites (tertiary alicyclic amines) is 1. The minimum atomic E-state index is -0.596. The number of fused-ring (bicyclic) bond motifs is 4. The molecule has 0 unspecified atom stereocenters. The fourth-order valence-corrected chi connectivity index (χ4v) is 6.86. The van der Waals surface area contributed by atoms with Gasteiger partial charge in [0.1, 0.15) is 12.6 Å². The molecule has 0 aliphatic carbocycles. The van der Waals surface area contributed by atoms with E-state index in [1.807, 2.05) is 47.4 Å². The van der Waals surface area contributed by atoms with Crippen LogP contribution in [0.2, 0.25) is 0 Å². The largest absolute Gasteiger partial charge is 0.504 e. The number of phenolic OH excluding ortho intramolecular Hbond substituents is 1. The van der Waals surface area contributed by atoms with Gasteiger partial charge in [0.15, 0.2) is 11.5 Å². The number of aromatic hydroxyl groups is 1. The monoisotopic (exact) mass is 536 g/mol. The molecule has 3 aliphatic rings. The van der Waals surface area contributed by atoms with Gasteiger partial charge in [0, 0.05) is 48.7 Å². The van der Waals surface area contributed by atoms with E-state index in [0.717, 1.165) is 53.8 Å². The van der Waals surface area contributed by atoms with E-state index in [0.29, 0.717) is 12.2 Å². The first kappa shape index (κ1) is 24.7. The number of nitrogens with one attached hydrogen (secondary N) is 1. The molecule has 0 saturated carbocycles. The van der Waals surface area contributed by atoms with E-state index >= 15 is 0 Å². The van der Waals surface area contributed by atoms with Crippen LogP contribution in [0.4, 0.5) is 0 Å². The number of aromatic nitrogens is 1. The summed E-state index contributed by atoms with van der Waals surface area (Å²) in [5.41, 5.74) is 4.99. The third-order valence-electron chi connectivity index (χ3n) is 8.75. The van der Waals surface area contributed by atoms with E-state index in [9.17, 15) is 14.7 Å². The smallest absolute Gasteiger partial charge is 0.246 e. The molecule has 4 heterocycles. The first-order valence-electron chi connectivity index (χ1n) is 13.9. The highest BCUT2D eigenvalue weighted by Crippen LogP contribution is 2.44. The van der Waals surface area contributed by atoms with Crippen LogP contribution in [0.1, 0.15) is 34.8 Å². The number of H-pyrrole nitrogens is 1. The number of para-hydroxylation sites is 1. The first-order valence-corrected chi connectivity index (χ1v) is 13.9. The van der Waals surface area contributed by atoms with Crippen LogP contribution in [-0.2, 0) is 22.6 Å². The van der Waals surface area contributed by atoms with E-state index < -0.39 is 12.1 Å². The fraction of sp³-hybridized carbons (Fsp3) is 0.312. The van der Waals surface area contributed by atoms with Gasteiger partial charge in [0.25, 0.3) is 0 Å². The van der Waals surface area contributed by atoms with Crippen molar-refractivity contribution < 1.29 is 19.4 Å². The van der Waals surface area contributed by atoms with Crippen LogP contribution in [0.3, 0.4) is 0 Å². The van der Waals surface area contributed by atoms with Crippen molar-refractivity contribution in [2.24, 2.45) is 0 Å². The average molecular weight is 537 g/mol. The summed E-state index contributed by atoms with van der Waals surface area (Å²) in [4.78, 5) is 37.7. The highest BCUT2D eigenvalue weighted by atomic mass is 16.5. The van der Waals surface area contributed by atoms with E-state index in [-0.39, 0.29) is 30.2 Å². The Kier molecular flexibility index (Phi) is 6.00. The lowest BCUT2D eigenvalue weighted by molar-refractivity contribution is -0.160. The second-order valence-electron chi connectivity index (χ2n) is 11.0. The molecule has 8 heteroatoms. The molecule has 2 amide bonds. The summed E-state index contributed by atoms with van der Waals surface area (Å²) in [6, 6.07) is 22.5. The molecule has 7 rings (SSSR count). The molecule has 2 fully saturated rings.